The largest absolute Gasteiger partial charge is 0.464 e. The van der Waals surface area contributed by atoms with Crippen LogP contribution in [0.3, 0.4) is 0 Å². The monoisotopic (exact) mass is 244 g/mol. The lowest BCUT2D eigenvalue weighted by molar-refractivity contribution is -0.143. The Hall–Kier alpha value is -0.940. The van der Waals surface area contributed by atoms with Crippen molar-refractivity contribution in [2.24, 2.45) is 5.73 Å². The highest BCUT2D eigenvalue weighted by molar-refractivity contribution is 5.75. The van der Waals surface area contributed by atoms with Crippen LogP contribution in [0, 0.1) is 0 Å². The van der Waals surface area contributed by atoms with Crippen LogP contribution in [0.5, 0.6) is 0 Å². The zero-order valence-corrected chi connectivity index (χ0v) is 10.9. The fraction of sp³-hybridized carbons (Fsp3) is 0.833. The summed E-state index contributed by atoms with van der Waals surface area (Å²) in [7, 11) is 0. The molecule has 0 radical (unpaired) electrons. The molecule has 0 saturated heterocycles. The summed E-state index contributed by atoms with van der Waals surface area (Å²) in [6, 6.07) is 0. The van der Waals surface area contributed by atoms with Crippen molar-refractivity contribution >= 4 is 11.8 Å². The molecule has 0 rings (SSSR count). The van der Waals surface area contributed by atoms with Crippen molar-refractivity contribution in [2.75, 3.05) is 32.8 Å². The number of rotatable bonds is 10. The molecule has 5 heteroatoms. The highest BCUT2D eigenvalue weighted by atomic mass is 16.5. The van der Waals surface area contributed by atoms with Gasteiger partial charge in [-0.05, 0) is 19.9 Å². The topological polar surface area (TPSA) is 72.6 Å². The lowest BCUT2D eigenvalue weighted by Gasteiger charge is -2.20. The van der Waals surface area contributed by atoms with Crippen molar-refractivity contribution in [2.45, 2.75) is 33.1 Å². The highest BCUT2D eigenvalue weighted by Crippen LogP contribution is 1.98. The number of nitrogens with zero attached hydrogens (tertiary/aromatic N) is 1. The van der Waals surface area contributed by atoms with Crippen LogP contribution in [0.1, 0.15) is 33.1 Å². The number of esters is 1. The molecule has 0 aromatic carbocycles. The minimum Gasteiger partial charge on any atom is -0.464 e. The van der Waals surface area contributed by atoms with Crippen LogP contribution in [0.25, 0.3) is 0 Å². The third-order valence-electron chi connectivity index (χ3n) is 2.33. The first-order chi connectivity index (χ1) is 8.10. The van der Waals surface area contributed by atoms with Gasteiger partial charge in [-0.2, -0.15) is 0 Å². The minimum absolute atomic E-state index is 0.178. The highest BCUT2D eigenvalue weighted by Gasteiger charge is 2.09. The fourth-order valence-corrected chi connectivity index (χ4v) is 1.46. The van der Waals surface area contributed by atoms with Crippen LogP contribution in [0.15, 0.2) is 0 Å². The molecule has 17 heavy (non-hydrogen) atoms. The van der Waals surface area contributed by atoms with Crippen molar-refractivity contribution in [1.82, 2.24) is 4.90 Å². The van der Waals surface area contributed by atoms with Crippen molar-refractivity contribution < 1.29 is 14.3 Å². The van der Waals surface area contributed by atoms with Gasteiger partial charge >= 0.3 is 5.97 Å². The second kappa shape index (κ2) is 10.2. The number of Topliss-reactive ketones (excluding diaryl/α,β-unsaturated/α-hetero) is 1. The third kappa shape index (κ3) is 9.96. The average molecular weight is 244 g/mol. The summed E-state index contributed by atoms with van der Waals surface area (Å²) in [4.78, 5) is 24.3. The Morgan fingerprint density at radius 3 is 2.35 bits per heavy atom. The van der Waals surface area contributed by atoms with Gasteiger partial charge in [0, 0.05) is 26.1 Å². The molecule has 0 atom stereocenters. The molecule has 0 amide bonds. The molecule has 0 heterocycles. The zero-order valence-electron chi connectivity index (χ0n) is 10.9. The Balaban J connectivity index is 3.82. The van der Waals surface area contributed by atoms with Gasteiger partial charge in [0.05, 0.1) is 6.42 Å². The summed E-state index contributed by atoms with van der Waals surface area (Å²) in [5.41, 5.74) is 5.24. The van der Waals surface area contributed by atoms with Crippen molar-refractivity contribution in [3.63, 3.8) is 0 Å². The summed E-state index contributed by atoms with van der Waals surface area (Å²) in [6.45, 7) is 6.55. The molecule has 0 aromatic heterocycles. The van der Waals surface area contributed by atoms with E-state index >= 15 is 0 Å². The standard InChI is InChI=1S/C12H24N2O3/c1-3-7-14(8-4-11(2)15)9-5-12(16)17-10-6-13/h3-10,13H2,1-2H3. The van der Waals surface area contributed by atoms with E-state index in [9.17, 15) is 9.59 Å². The van der Waals surface area contributed by atoms with E-state index in [0.717, 1.165) is 13.0 Å². The van der Waals surface area contributed by atoms with Gasteiger partial charge in [-0.15, -0.1) is 0 Å². The summed E-state index contributed by atoms with van der Waals surface area (Å²) >= 11 is 0. The first kappa shape index (κ1) is 16.1. The van der Waals surface area contributed by atoms with Gasteiger partial charge in [0.2, 0.25) is 0 Å². The van der Waals surface area contributed by atoms with Gasteiger partial charge in [0.1, 0.15) is 12.4 Å². The summed E-state index contributed by atoms with van der Waals surface area (Å²) < 4.78 is 4.89. The van der Waals surface area contributed by atoms with Gasteiger partial charge in [0.25, 0.3) is 0 Å². The first-order valence-electron chi connectivity index (χ1n) is 6.17. The quantitative estimate of drug-likeness (QED) is 0.569. The molecule has 0 fully saturated rings. The average Bonchev–Trinajstić information content (AvgIpc) is 2.29. The number of nitrogens with two attached hydrogens (primary N) is 1. The Kier molecular flexibility index (Phi) is 9.66. The first-order valence-corrected chi connectivity index (χ1v) is 6.17. The van der Waals surface area contributed by atoms with E-state index < -0.39 is 0 Å². The maximum Gasteiger partial charge on any atom is 0.307 e. The number of ketones is 1. The summed E-state index contributed by atoms with van der Waals surface area (Å²) in [5.74, 6) is -0.0452. The van der Waals surface area contributed by atoms with Gasteiger partial charge in [-0.1, -0.05) is 6.92 Å². The van der Waals surface area contributed by atoms with E-state index in [4.69, 9.17) is 10.5 Å². The molecule has 0 unspecified atom stereocenters. The summed E-state index contributed by atoms with van der Waals surface area (Å²) in [6.07, 6.45) is 1.91. The predicted octanol–water partition coefficient (Wildman–Crippen LogP) is 0.570. The molecule has 0 aliphatic carbocycles. The molecule has 0 saturated carbocycles. The Morgan fingerprint density at radius 2 is 1.82 bits per heavy atom. The van der Waals surface area contributed by atoms with Crippen LogP contribution in [-0.2, 0) is 14.3 Å². The van der Waals surface area contributed by atoms with E-state index in [-0.39, 0.29) is 18.4 Å². The maximum absolute atomic E-state index is 11.3. The molecular weight excluding hydrogens is 220 g/mol. The van der Waals surface area contributed by atoms with Gasteiger partial charge < -0.3 is 15.4 Å². The molecule has 2 N–H and O–H groups in total. The van der Waals surface area contributed by atoms with E-state index in [0.29, 0.717) is 32.5 Å². The van der Waals surface area contributed by atoms with E-state index in [2.05, 4.69) is 11.8 Å². The lowest BCUT2D eigenvalue weighted by Crippen LogP contribution is -2.30. The van der Waals surface area contributed by atoms with Crippen LogP contribution < -0.4 is 5.73 Å². The minimum atomic E-state index is -0.223. The number of carbonyl (C=O) groups excluding carboxylic acids is 2. The molecule has 0 aliphatic heterocycles. The number of hydrogen-bond acceptors (Lipinski definition) is 5. The smallest absolute Gasteiger partial charge is 0.307 e. The van der Waals surface area contributed by atoms with E-state index in [1.54, 1.807) is 6.92 Å². The van der Waals surface area contributed by atoms with Gasteiger partial charge in [0.15, 0.2) is 0 Å². The summed E-state index contributed by atoms with van der Waals surface area (Å²) in [5, 5.41) is 0. The zero-order chi connectivity index (χ0) is 13.1. The van der Waals surface area contributed by atoms with Crippen LogP contribution in [0.4, 0.5) is 0 Å². The molecule has 100 valence electrons. The van der Waals surface area contributed by atoms with Crippen molar-refractivity contribution in [3.8, 4) is 0 Å². The lowest BCUT2D eigenvalue weighted by atomic mass is 10.2. The van der Waals surface area contributed by atoms with Crippen LogP contribution in [-0.4, -0.2) is 49.4 Å². The molecule has 0 aliphatic rings. The van der Waals surface area contributed by atoms with Crippen molar-refractivity contribution in [1.29, 1.82) is 0 Å². The van der Waals surface area contributed by atoms with Gasteiger partial charge in [-0.25, -0.2) is 0 Å². The Morgan fingerprint density at radius 1 is 1.18 bits per heavy atom. The Bertz CT molecular complexity index is 232. The number of ether oxygens (including phenoxy) is 1. The molecule has 5 nitrogen and oxygen atoms in total. The third-order valence-corrected chi connectivity index (χ3v) is 2.33. The fourth-order valence-electron chi connectivity index (χ4n) is 1.46. The molecular formula is C12H24N2O3. The van der Waals surface area contributed by atoms with Crippen molar-refractivity contribution in [3.05, 3.63) is 0 Å². The molecule has 0 spiro atoms. The van der Waals surface area contributed by atoms with Crippen LogP contribution in [0.2, 0.25) is 0 Å². The van der Waals surface area contributed by atoms with Gasteiger partial charge in [-0.3, -0.25) is 9.59 Å². The molecule has 0 bridgehead atoms. The second-order valence-electron chi connectivity index (χ2n) is 4.05. The second-order valence-corrected chi connectivity index (χ2v) is 4.05. The SMILES string of the molecule is CCCN(CCC(C)=O)CCC(=O)OCCN. The van der Waals surface area contributed by atoms with E-state index in [1.807, 2.05) is 0 Å². The number of hydrogen-bond donors (Lipinski definition) is 1. The molecule has 0 aromatic rings. The van der Waals surface area contributed by atoms with Crippen LogP contribution >= 0.6 is 0 Å². The van der Waals surface area contributed by atoms with E-state index in [1.165, 1.54) is 0 Å². The number of carbonyl (C=O) groups is 2. The predicted molar refractivity (Wildman–Crippen MR) is 66.7 cm³/mol. The normalized spacial score (nSPS) is 10.6. The Labute approximate surface area is 103 Å². The maximum atomic E-state index is 11.3.